The number of benzene rings is 1. The molecule has 1 aromatic rings. The fourth-order valence-electron chi connectivity index (χ4n) is 2.38. The SMILES string of the molecule is N#C/C(=C/N1CCN(c2ccccc2F)CC1)C(=O)NCCCl. The molecule has 1 fully saturated rings. The summed E-state index contributed by atoms with van der Waals surface area (Å²) in [7, 11) is 0. The van der Waals surface area contributed by atoms with E-state index in [4.69, 9.17) is 16.9 Å². The first-order valence-electron chi connectivity index (χ1n) is 7.35. The van der Waals surface area contributed by atoms with E-state index in [0.717, 1.165) is 0 Å². The Kier molecular flexibility index (Phi) is 6.24. The van der Waals surface area contributed by atoms with Crippen molar-refractivity contribution in [1.82, 2.24) is 10.2 Å². The first-order valence-corrected chi connectivity index (χ1v) is 7.88. The van der Waals surface area contributed by atoms with Crippen LogP contribution in [0.25, 0.3) is 0 Å². The van der Waals surface area contributed by atoms with E-state index in [1.807, 2.05) is 15.9 Å². The van der Waals surface area contributed by atoms with Gasteiger partial charge < -0.3 is 15.1 Å². The van der Waals surface area contributed by atoms with Crippen molar-refractivity contribution in [2.45, 2.75) is 0 Å². The first-order chi connectivity index (χ1) is 11.2. The molecule has 122 valence electrons. The lowest BCUT2D eigenvalue weighted by atomic mass is 10.2. The van der Waals surface area contributed by atoms with Crippen molar-refractivity contribution < 1.29 is 9.18 Å². The highest BCUT2D eigenvalue weighted by Gasteiger charge is 2.19. The van der Waals surface area contributed by atoms with Gasteiger partial charge >= 0.3 is 0 Å². The Morgan fingerprint density at radius 1 is 1.35 bits per heavy atom. The van der Waals surface area contributed by atoms with Gasteiger partial charge in [-0.05, 0) is 12.1 Å². The number of piperazine rings is 1. The van der Waals surface area contributed by atoms with Gasteiger partial charge in [-0.2, -0.15) is 5.26 Å². The third-order valence-corrected chi connectivity index (χ3v) is 3.75. The summed E-state index contributed by atoms with van der Waals surface area (Å²) in [5.74, 6) is -0.370. The summed E-state index contributed by atoms with van der Waals surface area (Å²) >= 11 is 5.51. The van der Waals surface area contributed by atoms with Crippen LogP contribution < -0.4 is 10.2 Å². The van der Waals surface area contributed by atoms with Crippen molar-refractivity contribution in [3.05, 3.63) is 41.9 Å². The standard InChI is InChI=1S/C16H18ClFN4O/c17-5-6-20-16(23)13(11-19)12-21-7-9-22(10-8-21)15-4-2-1-3-14(15)18/h1-4,12H,5-10H2,(H,20,23)/b13-12-. The van der Waals surface area contributed by atoms with Gasteiger partial charge in [-0.15, -0.1) is 11.6 Å². The number of carbonyl (C=O) groups excluding carboxylic acids is 1. The number of nitrogens with zero attached hydrogens (tertiary/aromatic N) is 3. The van der Waals surface area contributed by atoms with Crippen molar-refractivity contribution >= 4 is 23.2 Å². The van der Waals surface area contributed by atoms with Crippen LogP contribution in [-0.2, 0) is 4.79 Å². The minimum absolute atomic E-state index is 0.0504. The van der Waals surface area contributed by atoms with E-state index in [2.05, 4.69) is 5.32 Å². The van der Waals surface area contributed by atoms with Crippen molar-refractivity contribution in [2.24, 2.45) is 0 Å². The van der Waals surface area contributed by atoms with Crippen LogP contribution in [0, 0.1) is 17.1 Å². The molecule has 5 nitrogen and oxygen atoms in total. The Hall–Kier alpha value is -2.26. The number of carbonyl (C=O) groups is 1. The Morgan fingerprint density at radius 3 is 2.65 bits per heavy atom. The van der Waals surface area contributed by atoms with E-state index in [9.17, 15) is 9.18 Å². The van der Waals surface area contributed by atoms with Gasteiger partial charge in [0.1, 0.15) is 17.5 Å². The van der Waals surface area contributed by atoms with E-state index in [-0.39, 0.29) is 11.4 Å². The Bertz CT molecular complexity index is 621. The fourth-order valence-corrected chi connectivity index (χ4v) is 2.47. The highest BCUT2D eigenvalue weighted by atomic mass is 35.5. The molecule has 1 aliphatic heterocycles. The zero-order valence-electron chi connectivity index (χ0n) is 12.6. The molecule has 0 radical (unpaired) electrons. The Morgan fingerprint density at radius 2 is 2.04 bits per heavy atom. The molecular formula is C16H18ClFN4O. The van der Waals surface area contributed by atoms with Gasteiger partial charge in [0.25, 0.3) is 5.91 Å². The van der Waals surface area contributed by atoms with Crippen LogP contribution in [0.5, 0.6) is 0 Å². The molecule has 2 rings (SSSR count). The molecule has 1 aliphatic rings. The summed E-state index contributed by atoms with van der Waals surface area (Å²) < 4.78 is 13.8. The van der Waals surface area contributed by atoms with E-state index in [1.54, 1.807) is 24.4 Å². The van der Waals surface area contributed by atoms with Crippen LogP contribution in [0.1, 0.15) is 0 Å². The lowest BCUT2D eigenvalue weighted by Gasteiger charge is -2.35. The predicted molar refractivity (Wildman–Crippen MR) is 87.6 cm³/mol. The van der Waals surface area contributed by atoms with Crippen molar-refractivity contribution in [2.75, 3.05) is 43.5 Å². The van der Waals surface area contributed by atoms with Gasteiger partial charge in [-0.1, -0.05) is 12.1 Å². The van der Waals surface area contributed by atoms with E-state index in [1.165, 1.54) is 6.07 Å². The minimum atomic E-state index is -0.426. The van der Waals surface area contributed by atoms with Crippen LogP contribution in [0.2, 0.25) is 0 Å². The number of alkyl halides is 1. The summed E-state index contributed by atoms with van der Waals surface area (Å²) in [5.41, 5.74) is 0.631. The van der Waals surface area contributed by atoms with Crippen LogP contribution in [0.4, 0.5) is 10.1 Å². The zero-order chi connectivity index (χ0) is 16.7. The Labute approximate surface area is 139 Å². The van der Waals surface area contributed by atoms with E-state index >= 15 is 0 Å². The van der Waals surface area contributed by atoms with Crippen molar-refractivity contribution in [3.8, 4) is 6.07 Å². The van der Waals surface area contributed by atoms with Crippen LogP contribution in [0.3, 0.4) is 0 Å². The summed E-state index contributed by atoms with van der Waals surface area (Å²) in [6.45, 7) is 2.80. The molecule has 0 spiro atoms. The van der Waals surface area contributed by atoms with Gasteiger partial charge in [0.15, 0.2) is 0 Å². The van der Waals surface area contributed by atoms with Crippen molar-refractivity contribution in [1.29, 1.82) is 5.26 Å². The molecule has 0 atom stereocenters. The van der Waals surface area contributed by atoms with Gasteiger partial charge in [0.05, 0.1) is 5.69 Å². The zero-order valence-corrected chi connectivity index (χ0v) is 13.4. The molecular weight excluding hydrogens is 319 g/mol. The summed E-state index contributed by atoms with van der Waals surface area (Å²) in [5, 5.41) is 11.7. The average Bonchev–Trinajstić information content (AvgIpc) is 2.58. The lowest BCUT2D eigenvalue weighted by Crippen LogP contribution is -2.44. The molecule has 0 aliphatic carbocycles. The molecule has 0 bridgehead atoms. The summed E-state index contributed by atoms with van der Waals surface area (Å²) in [6, 6.07) is 8.56. The third-order valence-electron chi connectivity index (χ3n) is 3.56. The third kappa shape index (κ3) is 4.60. The molecule has 0 unspecified atom stereocenters. The number of nitrogens with one attached hydrogen (secondary N) is 1. The maximum Gasteiger partial charge on any atom is 0.263 e. The molecule has 0 aromatic heterocycles. The normalized spacial score (nSPS) is 15.3. The topological polar surface area (TPSA) is 59.4 Å². The van der Waals surface area contributed by atoms with Crippen LogP contribution >= 0.6 is 11.6 Å². The number of anilines is 1. The molecule has 23 heavy (non-hydrogen) atoms. The van der Waals surface area contributed by atoms with Gasteiger partial charge in [0.2, 0.25) is 0 Å². The summed E-state index contributed by atoms with van der Waals surface area (Å²) in [4.78, 5) is 15.6. The Balaban J connectivity index is 1.96. The maximum absolute atomic E-state index is 13.8. The monoisotopic (exact) mass is 336 g/mol. The fraction of sp³-hybridized carbons (Fsp3) is 0.375. The molecule has 1 N–H and O–H groups in total. The number of rotatable bonds is 5. The smallest absolute Gasteiger partial charge is 0.263 e. The average molecular weight is 337 g/mol. The molecule has 1 aromatic carbocycles. The first kappa shape index (κ1) is 17.1. The number of nitriles is 1. The van der Waals surface area contributed by atoms with Crippen LogP contribution in [-0.4, -0.2) is 49.4 Å². The number of halogens is 2. The predicted octanol–water partition coefficient (Wildman–Crippen LogP) is 1.71. The van der Waals surface area contributed by atoms with Gasteiger partial charge in [0, 0.05) is 44.8 Å². The lowest BCUT2D eigenvalue weighted by molar-refractivity contribution is -0.117. The number of hydrogen-bond acceptors (Lipinski definition) is 4. The minimum Gasteiger partial charge on any atom is -0.373 e. The maximum atomic E-state index is 13.8. The molecule has 7 heteroatoms. The summed E-state index contributed by atoms with van der Waals surface area (Å²) in [6.07, 6.45) is 1.56. The molecule has 1 amide bonds. The number of amides is 1. The molecule has 1 heterocycles. The van der Waals surface area contributed by atoms with Gasteiger partial charge in [-0.3, -0.25) is 4.79 Å². The highest BCUT2D eigenvalue weighted by molar-refractivity contribution is 6.18. The second-order valence-corrected chi connectivity index (χ2v) is 5.45. The quantitative estimate of drug-likeness (QED) is 0.505. The van der Waals surface area contributed by atoms with Gasteiger partial charge in [-0.25, -0.2) is 4.39 Å². The number of hydrogen-bond donors (Lipinski definition) is 1. The molecule has 1 saturated heterocycles. The van der Waals surface area contributed by atoms with E-state index < -0.39 is 5.91 Å². The molecule has 0 saturated carbocycles. The largest absolute Gasteiger partial charge is 0.373 e. The van der Waals surface area contributed by atoms with Crippen LogP contribution in [0.15, 0.2) is 36.0 Å². The highest BCUT2D eigenvalue weighted by Crippen LogP contribution is 2.20. The second-order valence-electron chi connectivity index (χ2n) is 5.07. The van der Waals surface area contributed by atoms with E-state index in [0.29, 0.717) is 44.3 Å². The second kappa shape index (κ2) is 8.39. The number of para-hydroxylation sites is 1. The van der Waals surface area contributed by atoms with Crippen molar-refractivity contribution in [3.63, 3.8) is 0 Å².